The minimum atomic E-state index is -3.83. The summed E-state index contributed by atoms with van der Waals surface area (Å²) in [6.45, 7) is 7.97. The van der Waals surface area contributed by atoms with Crippen LogP contribution in [0.5, 0.6) is 5.75 Å². The summed E-state index contributed by atoms with van der Waals surface area (Å²) in [5, 5.41) is 2.86. The Labute approximate surface area is 213 Å². The molecule has 1 N–H and O–H groups in total. The Kier molecular flexibility index (Phi) is 10.7. The van der Waals surface area contributed by atoms with E-state index in [4.69, 9.17) is 4.74 Å². The number of sulfonamides is 1. The third-order valence-corrected chi connectivity index (χ3v) is 6.59. The van der Waals surface area contributed by atoms with Gasteiger partial charge >= 0.3 is 0 Å². The molecule has 0 heterocycles. The molecule has 36 heavy (non-hydrogen) atoms. The highest BCUT2D eigenvalue weighted by atomic mass is 32.2. The van der Waals surface area contributed by atoms with Gasteiger partial charge in [0.2, 0.25) is 21.8 Å². The number of rotatable bonds is 13. The van der Waals surface area contributed by atoms with Gasteiger partial charge in [-0.2, -0.15) is 0 Å². The smallest absolute Gasteiger partial charge is 0.244 e. The lowest BCUT2D eigenvalue weighted by Crippen LogP contribution is -2.52. The molecule has 0 saturated carbocycles. The van der Waals surface area contributed by atoms with Crippen molar-refractivity contribution in [2.75, 3.05) is 30.3 Å². The van der Waals surface area contributed by atoms with E-state index in [-0.39, 0.29) is 18.4 Å². The lowest BCUT2D eigenvalue weighted by molar-refractivity contribution is -0.140. The van der Waals surface area contributed by atoms with Crippen LogP contribution in [0.25, 0.3) is 0 Å². The average Bonchev–Trinajstić information content (AvgIpc) is 2.82. The van der Waals surface area contributed by atoms with Gasteiger partial charge in [-0.25, -0.2) is 12.8 Å². The first kappa shape index (κ1) is 29.1. The number of benzene rings is 2. The zero-order valence-corrected chi connectivity index (χ0v) is 22.3. The molecule has 2 aromatic rings. The van der Waals surface area contributed by atoms with Gasteiger partial charge in [0.05, 0.1) is 18.6 Å². The van der Waals surface area contributed by atoms with Gasteiger partial charge in [0.25, 0.3) is 0 Å². The summed E-state index contributed by atoms with van der Waals surface area (Å²) in [5.41, 5.74) is 0.917. The SMILES string of the molecule is CCOc1ccc(N(CC(=O)N(Cc2ccc(F)cc2)[C@H](CC)C(=O)NCC(C)C)S(C)(=O)=O)cc1. The quantitative estimate of drug-likeness (QED) is 0.435. The van der Waals surface area contributed by atoms with Crippen molar-refractivity contribution in [2.24, 2.45) is 5.92 Å². The molecule has 0 aromatic heterocycles. The topological polar surface area (TPSA) is 96.0 Å². The van der Waals surface area contributed by atoms with E-state index in [9.17, 15) is 22.4 Å². The number of nitrogens with zero attached hydrogens (tertiary/aromatic N) is 2. The largest absolute Gasteiger partial charge is 0.494 e. The van der Waals surface area contributed by atoms with E-state index in [1.807, 2.05) is 20.8 Å². The fraction of sp³-hybridized carbons (Fsp3) is 0.462. The molecule has 0 radical (unpaired) electrons. The van der Waals surface area contributed by atoms with Crippen LogP contribution in [0.4, 0.5) is 10.1 Å². The van der Waals surface area contributed by atoms with Crippen molar-refractivity contribution >= 4 is 27.5 Å². The number of ether oxygens (including phenoxy) is 1. The molecule has 0 aliphatic carbocycles. The number of carbonyl (C=O) groups is 2. The minimum Gasteiger partial charge on any atom is -0.494 e. The van der Waals surface area contributed by atoms with Crippen LogP contribution in [0.2, 0.25) is 0 Å². The Morgan fingerprint density at radius 2 is 1.64 bits per heavy atom. The Morgan fingerprint density at radius 3 is 2.14 bits per heavy atom. The summed E-state index contributed by atoms with van der Waals surface area (Å²) < 4.78 is 45.2. The molecule has 0 unspecified atom stereocenters. The Balaban J connectivity index is 2.39. The number of halogens is 1. The average molecular weight is 522 g/mol. The highest BCUT2D eigenvalue weighted by Gasteiger charge is 2.31. The van der Waals surface area contributed by atoms with Crippen LogP contribution < -0.4 is 14.4 Å². The molecule has 8 nitrogen and oxygen atoms in total. The maximum Gasteiger partial charge on any atom is 0.244 e. The van der Waals surface area contributed by atoms with Crippen molar-refractivity contribution in [3.63, 3.8) is 0 Å². The van der Waals surface area contributed by atoms with Gasteiger partial charge in [-0.05, 0) is 61.2 Å². The lowest BCUT2D eigenvalue weighted by atomic mass is 10.1. The molecular weight excluding hydrogens is 485 g/mol. The zero-order chi connectivity index (χ0) is 26.9. The summed E-state index contributed by atoms with van der Waals surface area (Å²) in [6.07, 6.45) is 1.34. The van der Waals surface area contributed by atoms with Crippen LogP contribution >= 0.6 is 0 Å². The second-order valence-electron chi connectivity index (χ2n) is 8.91. The Hall–Kier alpha value is -3.14. The van der Waals surface area contributed by atoms with E-state index in [1.54, 1.807) is 31.2 Å². The van der Waals surface area contributed by atoms with Crippen LogP contribution in [0.15, 0.2) is 48.5 Å². The van der Waals surface area contributed by atoms with E-state index >= 15 is 0 Å². The normalized spacial score (nSPS) is 12.2. The van der Waals surface area contributed by atoms with Crippen molar-refractivity contribution in [2.45, 2.75) is 46.7 Å². The first-order chi connectivity index (χ1) is 17.0. The molecule has 0 saturated heterocycles. The standard InChI is InChI=1S/C26H36FN3O5S/c1-6-24(26(32)28-16-19(3)4)29(17-20-8-10-21(27)11-9-20)25(31)18-30(36(5,33)34)22-12-14-23(15-13-22)35-7-2/h8-15,19,24H,6-7,16-18H2,1-5H3,(H,28,32)/t24-/m1/s1. The molecule has 0 spiro atoms. The van der Waals surface area contributed by atoms with Gasteiger partial charge in [-0.15, -0.1) is 0 Å². The summed E-state index contributed by atoms with van der Waals surface area (Å²) in [5.74, 6) is -0.504. The molecule has 0 fully saturated rings. The number of nitrogens with one attached hydrogen (secondary N) is 1. The monoisotopic (exact) mass is 521 g/mol. The maximum atomic E-state index is 13.6. The van der Waals surface area contributed by atoms with Crippen LogP contribution in [0.3, 0.4) is 0 Å². The molecule has 0 aliphatic rings. The van der Waals surface area contributed by atoms with Crippen molar-refractivity contribution in [3.05, 3.63) is 59.9 Å². The first-order valence-electron chi connectivity index (χ1n) is 12.0. The molecular formula is C26H36FN3O5S. The fourth-order valence-electron chi connectivity index (χ4n) is 3.62. The van der Waals surface area contributed by atoms with E-state index in [0.717, 1.165) is 10.6 Å². The first-order valence-corrected chi connectivity index (χ1v) is 13.8. The second-order valence-corrected chi connectivity index (χ2v) is 10.8. The summed E-state index contributed by atoms with van der Waals surface area (Å²) in [6, 6.07) is 11.2. The zero-order valence-electron chi connectivity index (χ0n) is 21.5. The van der Waals surface area contributed by atoms with Gasteiger partial charge in [0.1, 0.15) is 24.2 Å². The van der Waals surface area contributed by atoms with Gasteiger partial charge in [-0.1, -0.05) is 32.9 Å². The number of anilines is 1. The van der Waals surface area contributed by atoms with E-state index in [2.05, 4.69) is 5.32 Å². The number of hydrogen-bond donors (Lipinski definition) is 1. The van der Waals surface area contributed by atoms with Crippen LogP contribution in [-0.4, -0.2) is 57.1 Å². The van der Waals surface area contributed by atoms with Crippen molar-refractivity contribution in [3.8, 4) is 5.75 Å². The molecule has 2 aromatic carbocycles. The number of carbonyl (C=O) groups excluding carboxylic acids is 2. The fourth-order valence-corrected chi connectivity index (χ4v) is 4.47. The second kappa shape index (κ2) is 13.2. The number of hydrogen-bond acceptors (Lipinski definition) is 5. The molecule has 2 amide bonds. The summed E-state index contributed by atoms with van der Waals surface area (Å²) in [7, 11) is -3.83. The minimum absolute atomic E-state index is 0.0214. The molecule has 2 rings (SSSR count). The van der Waals surface area contributed by atoms with Crippen molar-refractivity contribution in [1.82, 2.24) is 10.2 Å². The highest BCUT2D eigenvalue weighted by Crippen LogP contribution is 2.23. The molecule has 1 atom stereocenters. The van der Waals surface area contributed by atoms with Crippen LogP contribution in [0.1, 0.15) is 39.7 Å². The molecule has 10 heteroatoms. The molecule has 198 valence electrons. The third kappa shape index (κ3) is 8.51. The van der Waals surface area contributed by atoms with Gasteiger partial charge < -0.3 is 15.0 Å². The van der Waals surface area contributed by atoms with Crippen molar-refractivity contribution < 1.29 is 27.1 Å². The van der Waals surface area contributed by atoms with Crippen LogP contribution in [0, 0.1) is 11.7 Å². The number of amides is 2. The van der Waals surface area contributed by atoms with E-state index in [0.29, 0.717) is 36.6 Å². The summed E-state index contributed by atoms with van der Waals surface area (Å²) >= 11 is 0. The Bertz CT molecular complexity index is 1110. The van der Waals surface area contributed by atoms with Gasteiger partial charge in [-0.3, -0.25) is 13.9 Å². The summed E-state index contributed by atoms with van der Waals surface area (Å²) in [4.78, 5) is 28.0. The van der Waals surface area contributed by atoms with E-state index in [1.165, 1.54) is 29.2 Å². The molecule has 0 aliphatic heterocycles. The van der Waals surface area contributed by atoms with Crippen LogP contribution in [-0.2, 0) is 26.2 Å². The predicted molar refractivity (Wildman–Crippen MR) is 139 cm³/mol. The van der Waals surface area contributed by atoms with Gasteiger partial charge in [0, 0.05) is 13.1 Å². The predicted octanol–water partition coefficient (Wildman–Crippen LogP) is 3.57. The third-order valence-electron chi connectivity index (χ3n) is 5.45. The highest BCUT2D eigenvalue weighted by molar-refractivity contribution is 7.92. The lowest BCUT2D eigenvalue weighted by Gasteiger charge is -2.33. The Morgan fingerprint density at radius 1 is 1.03 bits per heavy atom. The maximum absolute atomic E-state index is 13.6. The molecule has 0 bridgehead atoms. The van der Waals surface area contributed by atoms with Crippen molar-refractivity contribution in [1.29, 1.82) is 0 Å². The van der Waals surface area contributed by atoms with E-state index < -0.39 is 34.3 Å². The van der Waals surface area contributed by atoms with Gasteiger partial charge in [0.15, 0.2) is 0 Å².